The minimum absolute atomic E-state index is 0.238. The smallest absolute Gasteiger partial charge is 0.344 e. The Morgan fingerprint density at radius 2 is 1.83 bits per heavy atom. The second-order valence-electron chi connectivity index (χ2n) is 7.45. The normalized spacial score (nSPS) is 11.0. The molecule has 0 spiro atoms. The van der Waals surface area contributed by atoms with Crippen molar-refractivity contribution in [2.75, 3.05) is 13.7 Å². The third kappa shape index (κ3) is 6.08. The van der Waals surface area contributed by atoms with Crippen molar-refractivity contribution >= 4 is 16.9 Å². The number of carbonyl (C=O) groups excluding carboxylic acids is 1. The first-order valence-corrected chi connectivity index (χ1v) is 10.4. The fourth-order valence-corrected chi connectivity index (χ4v) is 3.55. The molecule has 5 heteroatoms. The molecule has 3 aromatic rings. The summed E-state index contributed by atoms with van der Waals surface area (Å²) in [5.74, 6) is 0.663. The summed E-state index contributed by atoms with van der Waals surface area (Å²) in [6.45, 7) is 1.54. The molecule has 0 aliphatic rings. The number of benzene rings is 1. The second-order valence-corrected chi connectivity index (χ2v) is 7.45. The summed E-state index contributed by atoms with van der Waals surface area (Å²) < 4.78 is 14.8. The van der Waals surface area contributed by atoms with Crippen molar-refractivity contribution in [2.45, 2.75) is 45.1 Å². The number of hydrogen-bond donors (Lipinski definition) is 0. The van der Waals surface area contributed by atoms with Crippen LogP contribution in [-0.2, 0) is 18.3 Å². The summed E-state index contributed by atoms with van der Waals surface area (Å²) in [7, 11) is 3.60. The lowest BCUT2D eigenvalue weighted by molar-refractivity contribution is -0.671. The maximum absolute atomic E-state index is 12.0. The Morgan fingerprint density at radius 3 is 2.62 bits per heavy atom. The third-order valence-electron chi connectivity index (χ3n) is 5.18. The van der Waals surface area contributed by atoms with Gasteiger partial charge in [0.05, 0.1) is 13.7 Å². The SMILES string of the molecule is COc1ccc2c(ccn2CCCCCCCCOC(=O)c2ccc[n+](C)c2)c1. The molecular formula is C24H31N2O3+. The summed E-state index contributed by atoms with van der Waals surface area (Å²) in [5, 5.41) is 1.23. The molecule has 0 fully saturated rings. The molecule has 3 rings (SSSR count). The molecule has 2 aromatic heterocycles. The lowest BCUT2D eigenvalue weighted by Crippen LogP contribution is -2.28. The Morgan fingerprint density at radius 1 is 1.03 bits per heavy atom. The van der Waals surface area contributed by atoms with E-state index in [-0.39, 0.29) is 5.97 Å². The molecule has 0 N–H and O–H groups in total. The van der Waals surface area contributed by atoms with Gasteiger partial charge in [0.1, 0.15) is 18.4 Å². The van der Waals surface area contributed by atoms with Gasteiger partial charge in [0, 0.05) is 29.7 Å². The van der Waals surface area contributed by atoms with Crippen LogP contribution in [0.4, 0.5) is 0 Å². The molecule has 0 atom stereocenters. The van der Waals surface area contributed by atoms with Crippen molar-refractivity contribution in [2.24, 2.45) is 7.05 Å². The quantitative estimate of drug-likeness (QED) is 0.269. The number of carbonyl (C=O) groups is 1. The van der Waals surface area contributed by atoms with Crippen LogP contribution >= 0.6 is 0 Å². The fraction of sp³-hybridized carbons (Fsp3) is 0.417. The highest BCUT2D eigenvalue weighted by Crippen LogP contribution is 2.22. The number of aromatic nitrogens is 2. The average molecular weight is 396 g/mol. The lowest BCUT2D eigenvalue weighted by Gasteiger charge is -2.07. The zero-order chi connectivity index (χ0) is 20.5. The first-order chi connectivity index (χ1) is 14.2. The number of unbranched alkanes of at least 4 members (excludes halogenated alkanes) is 5. The molecule has 29 heavy (non-hydrogen) atoms. The van der Waals surface area contributed by atoms with E-state index in [1.54, 1.807) is 19.4 Å². The first kappa shape index (κ1) is 20.9. The van der Waals surface area contributed by atoms with E-state index in [0.717, 1.165) is 25.1 Å². The number of pyridine rings is 1. The van der Waals surface area contributed by atoms with Crippen LogP contribution in [0.5, 0.6) is 5.75 Å². The van der Waals surface area contributed by atoms with Crippen molar-refractivity contribution in [3.05, 3.63) is 60.6 Å². The van der Waals surface area contributed by atoms with Crippen molar-refractivity contribution in [1.29, 1.82) is 0 Å². The van der Waals surface area contributed by atoms with Crippen molar-refractivity contribution in [1.82, 2.24) is 4.57 Å². The van der Waals surface area contributed by atoms with Gasteiger partial charge < -0.3 is 14.0 Å². The van der Waals surface area contributed by atoms with Crippen molar-refractivity contribution in [3.63, 3.8) is 0 Å². The second kappa shape index (κ2) is 10.6. The Hall–Kier alpha value is -2.82. The minimum Gasteiger partial charge on any atom is -0.497 e. The highest BCUT2D eigenvalue weighted by molar-refractivity contribution is 5.88. The fourth-order valence-electron chi connectivity index (χ4n) is 3.55. The molecule has 0 saturated carbocycles. The van der Waals surface area contributed by atoms with Gasteiger partial charge >= 0.3 is 5.97 Å². The number of hydrogen-bond acceptors (Lipinski definition) is 3. The topological polar surface area (TPSA) is 44.3 Å². The van der Waals surface area contributed by atoms with Gasteiger partial charge in [-0.15, -0.1) is 0 Å². The molecule has 2 heterocycles. The van der Waals surface area contributed by atoms with Gasteiger partial charge in [0.2, 0.25) is 0 Å². The Kier molecular flexibility index (Phi) is 7.68. The number of nitrogens with zero attached hydrogens (tertiary/aromatic N) is 2. The van der Waals surface area contributed by atoms with Gasteiger partial charge in [-0.25, -0.2) is 9.36 Å². The zero-order valence-corrected chi connectivity index (χ0v) is 17.5. The lowest BCUT2D eigenvalue weighted by atomic mass is 10.1. The maximum Gasteiger partial charge on any atom is 0.344 e. The molecule has 0 radical (unpaired) electrons. The molecular weight excluding hydrogens is 364 g/mol. The van der Waals surface area contributed by atoms with Gasteiger partial charge in [0.25, 0.3) is 0 Å². The van der Waals surface area contributed by atoms with E-state index in [1.165, 1.54) is 36.6 Å². The van der Waals surface area contributed by atoms with E-state index in [1.807, 2.05) is 29.9 Å². The predicted molar refractivity (Wildman–Crippen MR) is 114 cm³/mol. The van der Waals surface area contributed by atoms with Crippen LogP contribution in [0, 0.1) is 0 Å². The van der Waals surface area contributed by atoms with E-state index < -0.39 is 0 Å². The maximum atomic E-state index is 12.0. The van der Waals surface area contributed by atoms with Crippen LogP contribution in [0.1, 0.15) is 48.9 Å². The van der Waals surface area contributed by atoms with Crippen LogP contribution in [0.15, 0.2) is 55.0 Å². The van der Waals surface area contributed by atoms with E-state index in [4.69, 9.17) is 9.47 Å². The Labute approximate surface area is 172 Å². The van der Waals surface area contributed by atoms with Gasteiger partial charge in [-0.2, -0.15) is 0 Å². The Balaban J connectivity index is 1.26. The number of methoxy groups -OCH3 is 1. The first-order valence-electron chi connectivity index (χ1n) is 10.4. The zero-order valence-electron chi connectivity index (χ0n) is 17.5. The highest BCUT2D eigenvalue weighted by Gasteiger charge is 2.10. The number of ether oxygens (including phenoxy) is 2. The van der Waals surface area contributed by atoms with E-state index >= 15 is 0 Å². The van der Waals surface area contributed by atoms with Gasteiger partial charge in [-0.05, 0) is 43.2 Å². The summed E-state index contributed by atoms with van der Waals surface area (Å²) >= 11 is 0. The molecule has 0 aliphatic heterocycles. The summed E-state index contributed by atoms with van der Waals surface area (Å²) in [6.07, 6.45) is 12.7. The van der Waals surface area contributed by atoms with E-state index in [2.05, 4.69) is 29.0 Å². The summed E-state index contributed by atoms with van der Waals surface area (Å²) in [6, 6.07) is 12.0. The largest absolute Gasteiger partial charge is 0.497 e. The Bertz CT molecular complexity index is 933. The number of fused-ring (bicyclic) bond motifs is 1. The number of esters is 1. The van der Waals surface area contributed by atoms with Crippen LogP contribution in [-0.4, -0.2) is 24.3 Å². The standard InChI is InChI=1S/C24H31N2O3/c1-25-14-9-10-21(19-25)24(27)29-17-8-6-4-3-5-7-15-26-16-13-20-18-22(28-2)11-12-23(20)26/h9-14,16,18-19H,3-8,15,17H2,1-2H3/q+1. The summed E-state index contributed by atoms with van der Waals surface area (Å²) in [4.78, 5) is 12.0. The number of rotatable bonds is 11. The number of aryl methyl sites for hydroxylation is 2. The van der Waals surface area contributed by atoms with Crippen LogP contribution in [0.25, 0.3) is 10.9 Å². The average Bonchev–Trinajstić information content (AvgIpc) is 3.14. The van der Waals surface area contributed by atoms with Gasteiger partial charge in [-0.1, -0.05) is 25.7 Å². The highest BCUT2D eigenvalue weighted by atomic mass is 16.5. The molecule has 0 saturated heterocycles. The predicted octanol–water partition coefficient (Wildman–Crippen LogP) is 4.67. The van der Waals surface area contributed by atoms with Gasteiger partial charge in [0.15, 0.2) is 12.4 Å². The van der Waals surface area contributed by atoms with Crippen molar-refractivity contribution in [3.8, 4) is 5.75 Å². The van der Waals surface area contributed by atoms with Gasteiger partial charge in [-0.3, -0.25) is 0 Å². The van der Waals surface area contributed by atoms with Crippen LogP contribution < -0.4 is 9.30 Å². The molecule has 1 aromatic carbocycles. The van der Waals surface area contributed by atoms with Crippen LogP contribution in [0.3, 0.4) is 0 Å². The summed E-state index contributed by atoms with van der Waals surface area (Å²) in [5.41, 5.74) is 1.87. The molecule has 5 nitrogen and oxygen atoms in total. The van der Waals surface area contributed by atoms with E-state index in [0.29, 0.717) is 12.2 Å². The minimum atomic E-state index is -0.238. The monoisotopic (exact) mass is 395 g/mol. The molecule has 0 aliphatic carbocycles. The molecule has 0 amide bonds. The van der Waals surface area contributed by atoms with E-state index in [9.17, 15) is 4.79 Å². The molecule has 154 valence electrons. The van der Waals surface area contributed by atoms with Crippen LogP contribution in [0.2, 0.25) is 0 Å². The molecule has 0 unspecified atom stereocenters. The van der Waals surface area contributed by atoms with Crippen molar-refractivity contribution < 1.29 is 18.8 Å². The third-order valence-corrected chi connectivity index (χ3v) is 5.18. The molecule has 0 bridgehead atoms.